The summed E-state index contributed by atoms with van der Waals surface area (Å²) < 4.78 is 0. The van der Waals surface area contributed by atoms with Gasteiger partial charge < -0.3 is 5.73 Å². The molecular weight excluding hydrogens is 210 g/mol. The van der Waals surface area contributed by atoms with Crippen molar-refractivity contribution in [3.63, 3.8) is 0 Å². The molecule has 0 radical (unpaired) electrons. The highest BCUT2D eigenvalue weighted by Crippen LogP contribution is 2.53. The van der Waals surface area contributed by atoms with Gasteiger partial charge in [0.25, 0.3) is 0 Å². The van der Waals surface area contributed by atoms with Crippen molar-refractivity contribution < 1.29 is 4.79 Å². The quantitative estimate of drug-likeness (QED) is 0.791. The van der Waals surface area contributed by atoms with Gasteiger partial charge in [-0.05, 0) is 36.7 Å². The molecule has 0 aliphatic heterocycles. The van der Waals surface area contributed by atoms with Crippen LogP contribution in [0.15, 0.2) is 42.5 Å². The lowest BCUT2D eigenvalue weighted by Gasteiger charge is -2.32. The van der Waals surface area contributed by atoms with E-state index in [2.05, 4.69) is 24.3 Å². The molecule has 3 atom stereocenters. The minimum Gasteiger partial charge on any atom is -0.369 e. The summed E-state index contributed by atoms with van der Waals surface area (Å²) in [5.74, 6) is 0.791. The molecule has 2 aliphatic rings. The number of nitrogens with two attached hydrogens (primary N) is 1. The first-order valence-electron chi connectivity index (χ1n) is 6.23. The van der Waals surface area contributed by atoms with E-state index in [1.165, 1.54) is 5.56 Å². The van der Waals surface area contributed by atoms with Gasteiger partial charge in [0.2, 0.25) is 5.91 Å². The fraction of sp³-hybridized carbons (Fsp3) is 0.400. The third-order valence-electron chi connectivity index (χ3n) is 4.36. The minimum absolute atomic E-state index is 0.127. The normalized spacial score (nSPS) is 34.1. The van der Waals surface area contributed by atoms with E-state index in [-0.39, 0.29) is 11.3 Å². The molecule has 1 fully saturated rings. The van der Waals surface area contributed by atoms with Crippen LogP contribution in [0, 0.1) is 17.3 Å². The number of fused-ring (bicyclic) bond motifs is 2. The Morgan fingerprint density at radius 2 is 2.06 bits per heavy atom. The summed E-state index contributed by atoms with van der Waals surface area (Å²) in [4.78, 5) is 11.9. The van der Waals surface area contributed by atoms with Gasteiger partial charge in [-0.2, -0.15) is 0 Å². The molecule has 0 spiro atoms. The molecule has 0 heterocycles. The van der Waals surface area contributed by atoms with Gasteiger partial charge in [-0.25, -0.2) is 0 Å². The second-order valence-electron chi connectivity index (χ2n) is 5.37. The second kappa shape index (κ2) is 3.73. The number of hydrogen-bond acceptors (Lipinski definition) is 1. The number of primary amides is 1. The number of carbonyl (C=O) groups is 1. The molecule has 88 valence electrons. The SMILES string of the molecule is NC(=O)C1(Cc2ccccc2)CC2C=CC1C2. The first kappa shape index (κ1) is 10.6. The van der Waals surface area contributed by atoms with E-state index in [4.69, 9.17) is 5.73 Å². The van der Waals surface area contributed by atoms with Gasteiger partial charge in [-0.3, -0.25) is 4.79 Å². The van der Waals surface area contributed by atoms with E-state index in [0.29, 0.717) is 11.8 Å². The highest BCUT2D eigenvalue weighted by molar-refractivity contribution is 5.82. The van der Waals surface area contributed by atoms with E-state index in [1.54, 1.807) is 0 Å². The zero-order valence-corrected chi connectivity index (χ0v) is 9.80. The van der Waals surface area contributed by atoms with Crippen molar-refractivity contribution in [3.05, 3.63) is 48.0 Å². The highest BCUT2D eigenvalue weighted by atomic mass is 16.1. The van der Waals surface area contributed by atoms with Crippen molar-refractivity contribution in [1.82, 2.24) is 0 Å². The van der Waals surface area contributed by atoms with E-state index in [9.17, 15) is 4.79 Å². The van der Waals surface area contributed by atoms with E-state index >= 15 is 0 Å². The Morgan fingerprint density at radius 3 is 2.59 bits per heavy atom. The lowest BCUT2D eigenvalue weighted by Crippen LogP contribution is -2.42. The van der Waals surface area contributed by atoms with Gasteiger partial charge in [0, 0.05) is 0 Å². The molecule has 2 heteroatoms. The summed E-state index contributed by atoms with van der Waals surface area (Å²) in [7, 11) is 0. The first-order chi connectivity index (χ1) is 8.21. The van der Waals surface area contributed by atoms with Gasteiger partial charge in [0.05, 0.1) is 5.41 Å². The topological polar surface area (TPSA) is 43.1 Å². The molecule has 2 bridgehead atoms. The molecular formula is C15H17NO. The van der Waals surface area contributed by atoms with Crippen molar-refractivity contribution in [2.75, 3.05) is 0 Å². The molecule has 1 aromatic carbocycles. The van der Waals surface area contributed by atoms with Crippen molar-refractivity contribution in [2.24, 2.45) is 23.0 Å². The number of rotatable bonds is 3. The zero-order chi connectivity index (χ0) is 11.9. The fourth-order valence-corrected chi connectivity index (χ4v) is 3.49. The van der Waals surface area contributed by atoms with Gasteiger partial charge >= 0.3 is 0 Å². The Balaban J connectivity index is 1.92. The van der Waals surface area contributed by atoms with Crippen LogP contribution < -0.4 is 5.73 Å². The average Bonchev–Trinajstić information content (AvgIpc) is 2.91. The predicted molar refractivity (Wildman–Crippen MR) is 67.1 cm³/mol. The minimum atomic E-state index is -0.333. The molecule has 1 amide bonds. The third-order valence-corrected chi connectivity index (χ3v) is 4.36. The largest absolute Gasteiger partial charge is 0.369 e. The molecule has 2 N–H and O–H groups in total. The standard InChI is InChI=1S/C15H17NO/c16-14(17)15(9-11-4-2-1-3-5-11)10-12-6-7-13(15)8-12/h1-7,12-13H,8-10H2,(H2,16,17). The number of carbonyl (C=O) groups excluding carboxylic acids is 1. The molecule has 1 aromatic rings. The van der Waals surface area contributed by atoms with Gasteiger partial charge in [0.15, 0.2) is 0 Å². The van der Waals surface area contributed by atoms with Crippen LogP contribution in [-0.4, -0.2) is 5.91 Å². The monoisotopic (exact) mass is 227 g/mol. The van der Waals surface area contributed by atoms with Gasteiger partial charge in [0.1, 0.15) is 0 Å². The third kappa shape index (κ3) is 1.59. The van der Waals surface area contributed by atoms with Crippen LogP contribution in [0.25, 0.3) is 0 Å². The van der Waals surface area contributed by atoms with Crippen LogP contribution in [0.4, 0.5) is 0 Å². The van der Waals surface area contributed by atoms with Crippen molar-refractivity contribution in [1.29, 1.82) is 0 Å². The van der Waals surface area contributed by atoms with Gasteiger partial charge in [-0.15, -0.1) is 0 Å². The van der Waals surface area contributed by atoms with Crippen LogP contribution >= 0.6 is 0 Å². The van der Waals surface area contributed by atoms with Crippen molar-refractivity contribution in [3.8, 4) is 0 Å². The van der Waals surface area contributed by atoms with Crippen LogP contribution in [0.1, 0.15) is 18.4 Å². The Hall–Kier alpha value is -1.57. The van der Waals surface area contributed by atoms with Crippen LogP contribution in [0.2, 0.25) is 0 Å². The number of amides is 1. The maximum atomic E-state index is 11.9. The molecule has 1 saturated carbocycles. The smallest absolute Gasteiger partial charge is 0.224 e. The molecule has 3 unspecified atom stereocenters. The lowest BCUT2D eigenvalue weighted by atomic mass is 9.71. The summed E-state index contributed by atoms with van der Waals surface area (Å²) in [6, 6.07) is 10.2. The molecule has 17 heavy (non-hydrogen) atoms. The number of allylic oxidation sites excluding steroid dienone is 2. The number of hydrogen-bond donors (Lipinski definition) is 1. The Bertz CT molecular complexity index is 465. The summed E-state index contributed by atoms with van der Waals surface area (Å²) in [6.07, 6.45) is 7.27. The second-order valence-corrected chi connectivity index (χ2v) is 5.37. The van der Waals surface area contributed by atoms with Crippen LogP contribution in [-0.2, 0) is 11.2 Å². The average molecular weight is 227 g/mol. The van der Waals surface area contributed by atoms with E-state index in [0.717, 1.165) is 19.3 Å². The molecule has 0 saturated heterocycles. The van der Waals surface area contributed by atoms with Crippen molar-refractivity contribution in [2.45, 2.75) is 19.3 Å². The van der Waals surface area contributed by atoms with Gasteiger partial charge in [-0.1, -0.05) is 42.5 Å². The Morgan fingerprint density at radius 1 is 1.29 bits per heavy atom. The molecule has 3 rings (SSSR count). The first-order valence-corrected chi connectivity index (χ1v) is 6.23. The van der Waals surface area contributed by atoms with E-state index < -0.39 is 0 Å². The summed E-state index contributed by atoms with van der Waals surface area (Å²) in [6.45, 7) is 0. The molecule has 2 nitrogen and oxygen atoms in total. The number of benzene rings is 1. The van der Waals surface area contributed by atoms with Crippen molar-refractivity contribution >= 4 is 5.91 Å². The Labute approximate surface area is 102 Å². The maximum absolute atomic E-state index is 11.9. The fourth-order valence-electron chi connectivity index (χ4n) is 3.49. The van der Waals surface area contributed by atoms with Crippen LogP contribution in [0.3, 0.4) is 0 Å². The highest BCUT2D eigenvalue weighted by Gasteiger charge is 2.52. The molecule has 2 aliphatic carbocycles. The summed E-state index contributed by atoms with van der Waals surface area (Å²) in [5.41, 5.74) is 6.58. The zero-order valence-electron chi connectivity index (χ0n) is 9.80. The maximum Gasteiger partial charge on any atom is 0.224 e. The van der Waals surface area contributed by atoms with E-state index in [1.807, 2.05) is 18.2 Å². The Kier molecular flexibility index (Phi) is 2.32. The lowest BCUT2D eigenvalue weighted by molar-refractivity contribution is -0.129. The summed E-state index contributed by atoms with van der Waals surface area (Å²) in [5, 5.41) is 0. The predicted octanol–water partition coefficient (Wildman–Crippen LogP) is 2.30. The molecule has 0 aromatic heterocycles. The summed E-state index contributed by atoms with van der Waals surface area (Å²) >= 11 is 0. The van der Waals surface area contributed by atoms with Crippen LogP contribution in [0.5, 0.6) is 0 Å².